The zero-order chi connectivity index (χ0) is 18.4. The van der Waals surface area contributed by atoms with Gasteiger partial charge in [-0.1, -0.05) is 56.4 Å². The second-order valence-electron chi connectivity index (χ2n) is 7.74. The number of benzene rings is 1. The fraction of sp³-hybridized carbons (Fsp3) is 0.565. The van der Waals surface area contributed by atoms with Crippen molar-refractivity contribution in [2.24, 2.45) is 5.92 Å². The second kappa shape index (κ2) is 9.12. The van der Waals surface area contributed by atoms with Gasteiger partial charge in [-0.2, -0.15) is 0 Å². The third-order valence-electron chi connectivity index (χ3n) is 5.48. The number of rotatable bonds is 8. The largest absolute Gasteiger partial charge is 0.507 e. The predicted molar refractivity (Wildman–Crippen MR) is 106 cm³/mol. The molecule has 2 rings (SSSR count). The zero-order valence-corrected chi connectivity index (χ0v) is 16.1. The molecule has 0 fully saturated rings. The quantitative estimate of drug-likeness (QED) is 0.411. The Kier molecular flexibility index (Phi) is 7.16. The lowest BCUT2D eigenvalue weighted by atomic mass is 9.73. The molecule has 2 atom stereocenters. The van der Waals surface area contributed by atoms with Gasteiger partial charge in [-0.3, -0.25) is 0 Å². The van der Waals surface area contributed by atoms with Gasteiger partial charge >= 0.3 is 0 Å². The molecule has 0 saturated carbocycles. The van der Waals surface area contributed by atoms with Crippen molar-refractivity contribution >= 4 is 0 Å². The van der Waals surface area contributed by atoms with Crippen molar-refractivity contribution in [3.8, 4) is 11.5 Å². The van der Waals surface area contributed by atoms with Crippen molar-refractivity contribution in [3.63, 3.8) is 0 Å². The fourth-order valence-corrected chi connectivity index (χ4v) is 4.00. The summed E-state index contributed by atoms with van der Waals surface area (Å²) >= 11 is 0. The Morgan fingerprint density at radius 2 is 1.76 bits per heavy atom. The minimum atomic E-state index is 0.0184. The van der Waals surface area contributed by atoms with E-state index in [4.69, 9.17) is 0 Å². The van der Waals surface area contributed by atoms with Gasteiger partial charge in [0.2, 0.25) is 0 Å². The smallest absolute Gasteiger partial charge is 0.123 e. The van der Waals surface area contributed by atoms with E-state index in [9.17, 15) is 10.2 Å². The Morgan fingerprint density at radius 3 is 2.36 bits per heavy atom. The molecule has 1 aromatic rings. The number of aryl methyl sites for hydroxylation is 1. The summed E-state index contributed by atoms with van der Waals surface area (Å²) in [6.45, 7) is 10.5. The third-order valence-corrected chi connectivity index (χ3v) is 5.48. The van der Waals surface area contributed by atoms with Crippen LogP contribution in [0.5, 0.6) is 11.5 Å². The molecular weight excluding hydrogens is 308 g/mol. The van der Waals surface area contributed by atoms with Crippen LogP contribution in [0.25, 0.3) is 0 Å². The van der Waals surface area contributed by atoms with Gasteiger partial charge in [0, 0.05) is 11.5 Å². The van der Waals surface area contributed by atoms with Crippen LogP contribution in [-0.2, 0) is 6.42 Å². The van der Waals surface area contributed by atoms with Crippen molar-refractivity contribution in [2.75, 3.05) is 0 Å². The van der Waals surface area contributed by atoms with Crippen LogP contribution in [0.4, 0.5) is 0 Å². The number of unbranched alkanes of at least 4 members (excludes halogenated alkanes) is 4. The van der Waals surface area contributed by atoms with Gasteiger partial charge in [0.25, 0.3) is 0 Å². The number of allylic oxidation sites excluding steroid dienone is 3. The van der Waals surface area contributed by atoms with Crippen molar-refractivity contribution in [1.82, 2.24) is 0 Å². The minimum absolute atomic E-state index is 0.0184. The molecule has 1 aliphatic carbocycles. The van der Waals surface area contributed by atoms with Gasteiger partial charge in [-0.15, -0.1) is 0 Å². The Morgan fingerprint density at radius 1 is 1.12 bits per heavy atom. The molecule has 0 amide bonds. The van der Waals surface area contributed by atoms with E-state index in [0.29, 0.717) is 5.56 Å². The van der Waals surface area contributed by atoms with E-state index in [2.05, 4.69) is 26.5 Å². The zero-order valence-electron chi connectivity index (χ0n) is 16.1. The van der Waals surface area contributed by atoms with Crippen molar-refractivity contribution in [2.45, 2.75) is 78.1 Å². The lowest BCUT2D eigenvalue weighted by Gasteiger charge is -2.31. The Hall–Kier alpha value is -1.70. The maximum atomic E-state index is 10.6. The van der Waals surface area contributed by atoms with Crippen LogP contribution < -0.4 is 0 Å². The molecule has 0 bridgehead atoms. The molecule has 1 aromatic carbocycles. The summed E-state index contributed by atoms with van der Waals surface area (Å²) in [6, 6.07) is 3.70. The number of phenolic OH excluding ortho intramolecular Hbond substituents is 2. The predicted octanol–water partition coefficient (Wildman–Crippen LogP) is 6.63. The van der Waals surface area contributed by atoms with Gasteiger partial charge < -0.3 is 10.2 Å². The van der Waals surface area contributed by atoms with Crippen LogP contribution in [0.2, 0.25) is 0 Å². The highest BCUT2D eigenvalue weighted by Gasteiger charge is 2.30. The third kappa shape index (κ3) is 5.14. The number of phenols is 2. The Balaban J connectivity index is 2.18. The maximum absolute atomic E-state index is 10.6. The lowest BCUT2D eigenvalue weighted by Crippen LogP contribution is -2.17. The highest BCUT2D eigenvalue weighted by Crippen LogP contribution is 2.46. The summed E-state index contributed by atoms with van der Waals surface area (Å²) in [5.41, 5.74) is 4.13. The summed E-state index contributed by atoms with van der Waals surface area (Å²) in [5.74, 6) is 0.752. The summed E-state index contributed by atoms with van der Waals surface area (Å²) in [5, 5.41) is 21.3. The van der Waals surface area contributed by atoms with Crippen LogP contribution in [-0.4, -0.2) is 10.2 Å². The summed E-state index contributed by atoms with van der Waals surface area (Å²) in [7, 11) is 0. The summed E-state index contributed by atoms with van der Waals surface area (Å²) in [6.07, 6.45) is 11.3. The van der Waals surface area contributed by atoms with Gasteiger partial charge in [0.05, 0.1) is 0 Å². The van der Waals surface area contributed by atoms with Crippen LogP contribution in [0.1, 0.15) is 82.8 Å². The van der Waals surface area contributed by atoms with Gasteiger partial charge in [-0.05, 0) is 63.1 Å². The molecule has 138 valence electrons. The van der Waals surface area contributed by atoms with E-state index in [-0.39, 0.29) is 23.3 Å². The lowest BCUT2D eigenvalue weighted by molar-refractivity contribution is 0.406. The van der Waals surface area contributed by atoms with Crippen LogP contribution in [0.15, 0.2) is 35.9 Å². The second-order valence-corrected chi connectivity index (χ2v) is 7.74. The van der Waals surface area contributed by atoms with E-state index in [1.807, 2.05) is 19.1 Å². The number of hydrogen-bond acceptors (Lipinski definition) is 2. The number of aromatic hydroxyl groups is 2. The first-order valence-corrected chi connectivity index (χ1v) is 9.81. The molecular formula is C23H34O2. The first-order valence-electron chi connectivity index (χ1n) is 9.81. The Labute approximate surface area is 153 Å². The molecule has 25 heavy (non-hydrogen) atoms. The molecule has 1 aliphatic rings. The molecule has 0 aromatic heterocycles. The topological polar surface area (TPSA) is 40.5 Å². The van der Waals surface area contributed by atoms with Crippen LogP contribution in [0, 0.1) is 5.92 Å². The first kappa shape index (κ1) is 19.6. The van der Waals surface area contributed by atoms with Crippen LogP contribution >= 0.6 is 0 Å². The summed E-state index contributed by atoms with van der Waals surface area (Å²) in [4.78, 5) is 0. The van der Waals surface area contributed by atoms with E-state index >= 15 is 0 Å². The fourth-order valence-electron chi connectivity index (χ4n) is 4.00. The monoisotopic (exact) mass is 342 g/mol. The van der Waals surface area contributed by atoms with Gasteiger partial charge in [-0.25, -0.2) is 0 Å². The molecule has 0 heterocycles. The van der Waals surface area contributed by atoms with Crippen molar-refractivity contribution < 1.29 is 10.2 Å². The van der Waals surface area contributed by atoms with E-state index in [1.165, 1.54) is 31.3 Å². The number of hydrogen-bond donors (Lipinski definition) is 2. The van der Waals surface area contributed by atoms with Gasteiger partial charge in [0.15, 0.2) is 0 Å². The minimum Gasteiger partial charge on any atom is -0.507 e. The highest BCUT2D eigenvalue weighted by molar-refractivity contribution is 5.51. The van der Waals surface area contributed by atoms with E-state index < -0.39 is 0 Å². The van der Waals surface area contributed by atoms with E-state index in [1.54, 1.807) is 0 Å². The maximum Gasteiger partial charge on any atom is 0.123 e. The average Bonchev–Trinajstić information content (AvgIpc) is 2.54. The molecule has 0 spiro atoms. The molecule has 2 nitrogen and oxygen atoms in total. The average molecular weight is 343 g/mol. The van der Waals surface area contributed by atoms with Crippen LogP contribution in [0.3, 0.4) is 0 Å². The standard InChI is InChI=1S/C23H34O2/c1-5-6-7-8-9-10-18-14-21(24)23(22(25)15-18)20-13-17(4)11-12-19(20)16(2)3/h13-15,19-20,24-25H,2,5-12H2,1,3-4H3. The molecule has 2 heteroatoms. The molecule has 0 aliphatic heterocycles. The van der Waals surface area contributed by atoms with Gasteiger partial charge in [0.1, 0.15) is 11.5 Å². The molecule has 2 unspecified atom stereocenters. The van der Waals surface area contributed by atoms with E-state index in [0.717, 1.165) is 36.8 Å². The summed E-state index contributed by atoms with van der Waals surface area (Å²) < 4.78 is 0. The SMILES string of the molecule is C=C(C)C1CCC(C)=CC1c1c(O)cc(CCCCCCC)cc1O. The van der Waals surface area contributed by atoms with Crippen molar-refractivity contribution in [3.05, 3.63) is 47.1 Å². The normalized spacial score (nSPS) is 20.4. The Bertz CT molecular complexity index is 604. The molecule has 0 saturated heterocycles. The molecule has 2 N–H and O–H groups in total. The molecule has 0 radical (unpaired) electrons. The highest BCUT2D eigenvalue weighted by atomic mass is 16.3. The first-order chi connectivity index (χ1) is 11.9. The van der Waals surface area contributed by atoms with Crippen molar-refractivity contribution in [1.29, 1.82) is 0 Å².